The second-order valence-corrected chi connectivity index (χ2v) is 6.71. The summed E-state index contributed by atoms with van der Waals surface area (Å²) in [6.45, 7) is -3.01. The molecule has 3 rings (SSSR count). The van der Waals surface area contributed by atoms with Crippen LogP contribution in [0.1, 0.15) is 19.3 Å². The zero-order valence-electron chi connectivity index (χ0n) is 14.2. The third-order valence-electron chi connectivity index (χ3n) is 4.59. The first-order valence-corrected chi connectivity index (χ1v) is 8.79. The summed E-state index contributed by atoms with van der Waals surface area (Å²) in [5.74, 6) is -1.76. The molecule has 1 aromatic carbocycles. The molecule has 1 N–H and O–H groups in total. The van der Waals surface area contributed by atoms with Gasteiger partial charge in [0, 0.05) is 18.7 Å². The van der Waals surface area contributed by atoms with E-state index in [0.717, 1.165) is 4.90 Å². The number of benzene rings is 1. The minimum Gasteiger partial charge on any atom is -0.433 e. The first-order valence-electron chi connectivity index (χ1n) is 8.41. The van der Waals surface area contributed by atoms with Crippen LogP contribution in [0, 0.1) is 11.8 Å². The molecule has 1 saturated heterocycles. The lowest BCUT2D eigenvalue weighted by Gasteiger charge is -2.14. The van der Waals surface area contributed by atoms with Crippen molar-refractivity contribution in [3.8, 4) is 5.75 Å². The normalized spacial score (nSPS) is 21.6. The minimum absolute atomic E-state index is 0.00317. The Balaban J connectivity index is 1.55. The quantitative estimate of drug-likeness (QED) is 0.589. The van der Waals surface area contributed by atoms with Crippen LogP contribution in [0.3, 0.4) is 0 Å². The summed E-state index contributed by atoms with van der Waals surface area (Å²) in [5, 5.41) is 2.48. The SMILES string of the molecule is O=C(CCN1C(=O)[C@H]2CC=CC[C@H]2C1=O)Nc1ccc(OC(F)F)c(Cl)c1. The number of rotatable bonds is 6. The van der Waals surface area contributed by atoms with Crippen molar-refractivity contribution < 1.29 is 27.9 Å². The average molecular weight is 399 g/mol. The number of ether oxygens (including phenoxy) is 1. The van der Waals surface area contributed by atoms with Gasteiger partial charge in [0.05, 0.1) is 16.9 Å². The maximum absolute atomic E-state index is 12.3. The van der Waals surface area contributed by atoms with E-state index in [1.54, 1.807) is 0 Å². The Morgan fingerprint density at radius 3 is 2.41 bits per heavy atom. The molecule has 1 aromatic rings. The first kappa shape index (κ1) is 19.3. The summed E-state index contributed by atoms with van der Waals surface area (Å²) in [7, 11) is 0. The molecule has 0 spiro atoms. The van der Waals surface area contributed by atoms with E-state index < -0.39 is 12.5 Å². The molecule has 2 aliphatic rings. The largest absolute Gasteiger partial charge is 0.433 e. The van der Waals surface area contributed by atoms with Gasteiger partial charge in [0.15, 0.2) is 0 Å². The van der Waals surface area contributed by atoms with Gasteiger partial charge in [-0.2, -0.15) is 8.78 Å². The molecule has 1 aliphatic carbocycles. The molecule has 1 aliphatic heterocycles. The molecule has 1 fully saturated rings. The summed E-state index contributed by atoms with van der Waals surface area (Å²) in [4.78, 5) is 37.9. The zero-order chi connectivity index (χ0) is 19.6. The number of likely N-dealkylation sites (tertiary alicyclic amines) is 1. The Bertz CT molecular complexity index is 774. The number of carbonyl (C=O) groups is 3. The number of hydrogen-bond donors (Lipinski definition) is 1. The highest BCUT2D eigenvalue weighted by molar-refractivity contribution is 6.32. The zero-order valence-corrected chi connectivity index (χ0v) is 14.9. The number of fused-ring (bicyclic) bond motifs is 1. The minimum atomic E-state index is -3.00. The van der Waals surface area contributed by atoms with Gasteiger partial charge in [-0.15, -0.1) is 0 Å². The van der Waals surface area contributed by atoms with E-state index in [1.165, 1.54) is 18.2 Å². The Morgan fingerprint density at radius 2 is 1.85 bits per heavy atom. The van der Waals surface area contributed by atoms with E-state index in [-0.39, 0.29) is 47.4 Å². The van der Waals surface area contributed by atoms with Gasteiger partial charge in [0.2, 0.25) is 17.7 Å². The fourth-order valence-corrected chi connectivity index (χ4v) is 3.52. The first-order chi connectivity index (χ1) is 12.9. The van der Waals surface area contributed by atoms with Crippen molar-refractivity contribution in [3.05, 3.63) is 35.4 Å². The van der Waals surface area contributed by atoms with Gasteiger partial charge in [0.1, 0.15) is 5.75 Å². The highest BCUT2D eigenvalue weighted by atomic mass is 35.5. The second kappa shape index (κ2) is 8.04. The van der Waals surface area contributed by atoms with Crippen molar-refractivity contribution in [2.75, 3.05) is 11.9 Å². The molecule has 27 heavy (non-hydrogen) atoms. The molecule has 144 valence electrons. The predicted octanol–water partition coefficient (Wildman–Crippen LogP) is 3.22. The molecule has 2 atom stereocenters. The number of anilines is 1. The monoisotopic (exact) mass is 398 g/mol. The molecular weight excluding hydrogens is 382 g/mol. The van der Waals surface area contributed by atoms with Crippen LogP contribution in [0.2, 0.25) is 5.02 Å². The van der Waals surface area contributed by atoms with Crippen LogP contribution in [0.15, 0.2) is 30.4 Å². The number of carbonyl (C=O) groups excluding carboxylic acids is 3. The number of imide groups is 1. The van der Waals surface area contributed by atoms with E-state index in [9.17, 15) is 23.2 Å². The highest BCUT2D eigenvalue weighted by Crippen LogP contribution is 2.35. The lowest BCUT2D eigenvalue weighted by atomic mass is 9.85. The lowest BCUT2D eigenvalue weighted by Crippen LogP contribution is -2.34. The Morgan fingerprint density at radius 1 is 1.22 bits per heavy atom. The van der Waals surface area contributed by atoms with Crippen LogP contribution in [-0.4, -0.2) is 35.8 Å². The summed E-state index contributed by atoms with van der Waals surface area (Å²) in [6, 6.07) is 3.87. The van der Waals surface area contributed by atoms with E-state index >= 15 is 0 Å². The number of nitrogens with zero attached hydrogens (tertiary/aromatic N) is 1. The van der Waals surface area contributed by atoms with Crippen LogP contribution in [0.25, 0.3) is 0 Å². The molecule has 0 saturated carbocycles. The number of alkyl halides is 2. The second-order valence-electron chi connectivity index (χ2n) is 6.31. The smallest absolute Gasteiger partial charge is 0.387 e. The van der Waals surface area contributed by atoms with Crippen LogP contribution < -0.4 is 10.1 Å². The van der Waals surface area contributed by atoms with E-state index in [1.807, 2.05) is 12.2 Å². The van der Waals surface area contributed by atoms with Crippen LogP contribution >= 0.6 is 11.6 Å². The summed E-state index contributed by atoms with van der Waals surface area (Å²) in [5.41, 5.74) is 0.295. The highest BCUT2D eigenvalue weighted by Gasteiger charge is 2.46. The number of halogens is 3. The summed E-state index contributed by atoms with van der Waals surface area (Å²) >= 11 is 5.83. The Kier molecular flexibility index (Phi) is 5.74. The lowest BCUT2D eigenvalue weighted by molar-refractivity contribution is -0.140. The standard InChI is InChI=1S/C18H17ClF2N2O4/c19-13-9-10(5-6-14(13)27-18(20)21)22-15(24)7-8-23-16(25)11-3-1-2-4-12(11)17(23)26/h1-2,5-6,9,11-12,18H,3-4,7-8H2,(H,22,24)/t11-,12+. The summed E-state index contributed by atoms with van der Waals surface area (Å²) in [6.07, 6.45) is 4.81. The van der Waals surface area contributed by atoms with Gasteiger partial charge in [-0.3, -0.25) is 19.3 Å². The van der Waals surface area contributed by atoms with Crippen molar-refractivity contribution >= 4 is 35.0 Å². The van der Waals surface area contributed by atoms with Gasteiger partial charge in [0.25, 0.3) is 0 Å². The molecule has 0 bridgehead atoms. The number of amides is 3. The van der Waals surface area contributed by atoms with Gasteiger partial charge < -0.3 is 10.1 Å². The molecular formula is C18H17ClF2N2O4. The van der Waals surface area contributed by atoms with Gasteiger partial charge >= 0.3 is 6.61 Å². The van der Waals surface area contributed by atoms with Gasteiger partial charge in [-0.25, -0.2) is 0 Å². The Labute approximate surface area is 159 Å². The van der Waals surface area contributed by atoms with Crippen molar-refractivity contribution in [3.63, 3.8) is 0 Å². The molecule has 3 amide bonds. The van der Waals surface area contributed by atoms with Gasteiger partial charge in [-0.05, 0) is 31.0 Å². The van der Waals surface area contributed by atoms with Crippen molar-refractivity contribution in [2.24, 2.45) is 11.8 Å². The van der Waals surface area contributed by atoms with Crippen molar-refractivity contribution in [1.82, 2.24) is 4.90 Å². The van der Waals surface area contributed by atoms with Crippen LogP contribution in [0.5, 0.6) is 5.75 Å². The predicted molar refractivity (Wildman–Crippen MR) is 93.4 cm³/mol. The number of allylic oxidation sites excluding steroid dienone is 2. The molecule has 6 nitrogen and oxygen atoms in total. The molecule has 0 unspecified atom stereocenters. The van der Waals surface area contributed by atoms with Crippen molar-refractivity contribution in [2.45, 2.75) is 25.9 Å². The summed E-state index contributed by atoms with van der Waals surface area (Å²) < 4.78 is 28.7. The van der Waals surface area contributed by atoms with Crippen LogP contribution in [0.4, 0.5) is 14.5 Å². The molecule has 0 radical (unpaired) electrons. The fraction of sp³-hybridized carbons (Fsp3) is 0.389. The maximum atomic E-state index is 12.3. The maximum Gasteiger partial charge on any atom is 0.387 e. The third-order valence-corrected chi connectivity index (χ3v) is 4.89. The van der Waals surface area contributed by atoms with E-state index in [4.69, 9.17) is 11.6 Å². The topological polar surface area (TPSA) is 75.7 Å². The van der Waals surface area contributed by atoms with Crippen molar-refractivity contribution in [1.29, 1.82) is 0 Å². The van der Waals surface area contributed by atoms with E-state index in [2.05, 4.69) is 10.1 Å². The molecule has 1 heterocycles. The van der Waals surface area contributed by atoms with Crippen LogP contribution in [-0.2, 0) is 14.4 Å². The molecule has 0 aromatic heterocycles. The third kappa shape index (κ3) is 4.27. The Hall–Kier alpha value is -2.48. The molecule has 9 heteroatoms. The van der Waals surface area contributed by atoms with E-state index in [0.29, 0.717) is 18.5 Å². The fourth-order valence-electron chi connectivity index (χ4n) is 3.30. The average Bonchev–Trinajstić information content (AvgIpc) is 2.86. The number of hydrogen-bond acceptors (Lipinski definition) is 4. The van der Waals surface area contributed by atoms with Gasteiger partial charge in [-0.1, -0.05) is 23.8 Å². The number of nitrogens with one attached hydrogen (secondary N) is 1.